The maximum Gasteiger partial charge on any atom is 0.0571 e. The Kier molecular flexibility index (Phi) is 5.36. The molecule has 0 amide bonds. The first-order valence-corrected chi connectivity index (χ1v) is 7.58. The fourth-order valence-electron chi connectivity index (χ4n) is 2.43. The van der Waals surface area contributed by atoms with E-state index in [1.165, 1.54) is 28.8 Å². The summed E-state index contributed by atoms with van der Waals surface area (Å²) in [4.78, 5) is 0. The molecule has 0 saturated carbocycles. The number of hydrogen-bond donors (Lipinski definition) is 1. The van der Waals surface area contributed by atoms with Gasteiger partial charge in [-0.05, 0) is 43.5 Å². The average Bonchev–Trinajstić information content (AvgIpc) is 2.82. The zero-order chi connectivity index (χ0) is 14.4. The first-order valence-electron chi connectivity index (χ1n) is 7.58. The van der Waals surface area contributed by atoms with Crippen LogP contribution in [0.4, 0.5) is 0 Å². The van der Waals surface area contributed by atoms with Gasteiger partial charge in [-0.2, -0.15) is 5.10 Å². The largest absolute Gasteiger partial charge is 0.313 e. The van der Waals surface area contributed by atoms with Gasteiger partial charge in [-0.3, -0.25) is 4.68 Å². The molecule has 0 aliphatic heterocycles. The van der Waals surface area contributed by atoms with Crippen LogP contribution in [0.2, 0.25) is 0 Å². The molecule has 0 radical (unpaired) electrons. The van der Waals surface area contributed by atoms with Crippen LogP contribution in [0.5, 0.6) is 0 Å². The number of rotatable bonds is 7. The van der Waals surface area contributed by atoms with Crippen LogP contribution in [0, 0.1) is 6.92 Å². The average molecular weight is 271 g/mol. The highest BCUT2D eigenvalue weighted by Gasteiger charge is 2.08. The molecular weight excluding hydrogens is 246 g/mol. The van der Waals surface area contributed by atoms with Crippen molar-refractivity contribution in [3.8, 4) is 11.1 Å². The van der Waals surface area contributed by atoms with Gasteiger partial charge in [-0.25, -0.2) is 0 Å². The zero-order valence-corrected chi connectivity index (χ0v) is 12.8. The van der Waals surface area contributed by atoms with Gasteiger partial charge in [0.25, 0.3) is 0 Å². The Morgan fingerprint density at radius 1 is 1.20 bits per heavy atom. The van der Waals surface area contributed by atoms with Crippen molar-refractivity contribution < 1.29 is 0 Å². The van der Waals surface area contributed by atoms with Gasteiger partial charge in [-0.1, -0.05) is 32.0 Å². The Labute approximate surface area is 122 Å². The van der Waals surface area contributed by atoms with Crippen LogP contribution in [0.25, 0.3) is 11.1 Å². The Bertz CT molecular complexity index is 543. The summed E-state index contributed by atoms with van der Waals surface area (Å²) in [6, 6.07) is 8.75. The monoisotopic (exact) mass is 271 g/mol. The minimum absolute atomic E-state index is 0.934. The van der Waals surface area contributed by atoms with Crippen LogP contribution >= 0.6 is 0 Å². The smallest absolute Gasteiger partial charge is 0.0571 e. The molecule has 1 aromatic heterocycles. The van der Waals surface area contributed by atoms with Gasteiger partial charge in [0.2, 0.25) is 0 Å². The topological polar surface area (TPSA) is 29.9 Å². The second-order valence-electron chi connectivity index (χ2n) is 5.24. The molecule has 0 spiro atoms. The summed E-state index contributed by atoms with van der Waals surface area (Å²) in [7, 11) is 0. The predicted octanol–water partition coefficient (Wildman–Crippen LogP) is 3.77. The van der Waals surface area contributed by atoms with Gasteiger partial charge in [0, 0.05) is 24.3 Å². The minimum atomic E-state index is 0.934. The summed E-state index contributed by atoms with van der Waals surface area (Å²) in [5.41, 5.74) is 5.10. The van der Waals surface area contributed by atoms with Crippen molar-refractivity contribution in [1.29, 1.82) is 0 Å². The lowest BCUT2D eigenvalue weighted by molar-refractivity contribution is 0.587. The number of hydrogen-bond acceptors (Lipinski definition) is 2. The fraction of sp³-hybridized carbons (Fsp3) is 0.471. The molecule has 2 aromatic rings. The van der Waals surface area contributed by atoms with E-state index in [1.807, 2.05) is 6.20 Å². The molecule has 3 heteroatoms. The summed E-state index contributed by atoms with van der Waals surface area (Å²) in [5, 5.41) is 7.94. The van der Waals surface area contributed by atoms with Crippen molar-refractivity contribution in [1.82, 2.24) is 15.1 Å². The third kappa shape index (κ3) is 3.48. The molecule has 20 heavy (non-hydrogen) atoms. The van der Waals surface area contributed by atoms with E-state index in [-0.39, 0.29) is 0 Å². The van der Waals surface area contributed by atoms with E-state index < -0.39 is 0 Å². The maximum atomic E-state index is 4.49. The van der Waals surface area contributed by atoms with E-state index in [1.54, 1.807) is 0 Å². The van der Waals surface area contributed by atoms with E-state index in [4.69, 9.17) is 0 Å². The van der Waals surface area contributed by atoms with Gasteiger partial charge in [0.1, 0.15) is 0 Å². The second kappa shape index (κ2) is 7.25. The summed E-state index contributed by atoms with van der Waals surface area (Å²) in [6.45, 7) is 9.51. The maximum absolute atomic E-state index is 4.49. The number of nitrogens with one attached hydrogen (secondary N) is 1. The van der Waals surface area contributed by atoms with Crippen molar-refractivity contribution in [2.24, 2.45) is 0 Å². The van der Waals surface area contributed by atoms with Crippen LogP contribution in [0.1, 0.15) is 37.9 Å². The van der Waals surface area contributed by atoms with Gasteiger partial charge in [0.15, 0.2) is 0 Å². The third-order valence-electron chi connectivity index (χ3n) is 3.53. The quantitative estimate of drug-likeness (QED) is 0.777. The fourth-order valence-corrected chi connectivity index (χ4v) is 2.43. The van der Waals surface area contributed by atoms with Crippen LogP contribution in [-0.4, -0.2) is 16.3 Å². The Morgan fingerprint density at radius 2 is 2.05 bits per heavy atom. The Balaban J connectivity index is 2.18. The lowest BCUT2D eigenvalue weighted by Crippen LogP contribution is -2.13. The van der Waals surface area contributed by atoms with E-state index in [2.05, 4.69) is 60.1 Å². The second-order valence-corrected chi connectivity index (χ2v) is 5.24. The molecule has 0 bridgehead atoms. The molecule has 108 valence electrons. The molecule has 0 saturated heterocycles. The molecule has 1 heterocycles. The molecule has 0 fully saturated rings. The first-order chi connectivity index (χ1) is 9.76. The lowest BCUT2D eigenvalue weighted by Gasteiger charge is -2.07. The van der Waals surface area contributed by atoms with E-state index >= 15 is 0 Å². The van der Waals surface area contributed by atoms with Crippen molar-refractivity contribution in [2.45, 2.75) is 46.7 Å². The molecule has 2 rings (SSSR count). The summed E-state index contributed by atoms with van der Waals surface area (Å²) >= 11 is 0. The molecule has 3 nitrogen and oxygen atoms in total. The molecule has 1 N–H and O–H groups in total. The molecule has 0 aliphatic rings. The third-order valence-corrected chi connectivity index (χ3v) is 3.53. The van der Waals surface area contributed by atoms with Crippen molar-refractivity contribution >= 4 is 0 Å². The van der Waals surface area contributed by atoms with Crippen LogP contribution in [0.15, 0.2) is 30.5 Å². The molecular formula is C17H25N3. The van der Waals surface area contributed by atoms with Crippen molar-refractivity contribution in [3.05, 3.63) is 41.7 Å². The summed E-state index contributed by atoms with van der Waals surface area (Å²) in [5.74, 6) is 0. The Hall–Kier alpha value is -1.61. The molecule has 0 unspecified atom stereocenters. The lowest BCUT2D eigenvalue weighted by atomic mass is 10.0. The number of aromatic nitrogens is 2. The standard InChI is InChI=1S/C17H25N3/c1-4-9-18-12-15-7-6-8-16(11-15)17-13-19-20(10-5-2)14(17)3/h6-8,11,13,18H,4-5,9-10,12H2,1-3H3. The highest BCUT2D eigenvalue weighted by Crippen LogP contribution is 2.24. The molecule has 0 atom stereocenters. The van der Waals surface area contributed by atoms with Crippen LogP contribution in [0.3, 0.4) is 0 Å². The van der Waals surface area contributed by atoms with Crippen LogP contribution in [-0.2, 0) is 13.1 Å². The summed E-state index contributed by atoms with van der Waals surface area (Å²) in [6.07, 6.45) is 4.27. The van der Waals surface area contributed by atoms with Crippen molar-refractivity contribution in [2.75, 3.05) is 6.54 Å². The Morgan fingerprint density at radius 3 is 2.80 bits per heavy atom. The predicted molar refractivity (Wildman–Crippen MR) is 84.7 cm³/mol. The highest BCUT2D eigenvalue weighted by molar-refractivity contribution is 5.65. The minimum Gasteiger partial charge on any atom is -0.313 e. The normalized spacial score (nSPS) is 10.9. The van der Waals surface area contributed by atoms with E-state index in [0.29, 0.717) is 0 Å². The van der Waals surface area contributed by atoms with E-state index in [0.717, 1.165) is 26.1 Å². The van der Waals surface area contributed by atoms with Crippen LogP contribution < -0.4 is 5.32 Å². The van der Waals surface area contributed by atoms with Gasteiger partial charge < -0.3 is 5.32 Å². The number of benzene rings is 1. The van der Waals surface area contributed by atoms with E-state index in [9.17, 15) is 0 Å². The van der Waals surface area contributed by atoms with Gasteiger partial charge >= 0.3 is 0 Å². The summed E-state index contributed by atoms with van der Waals surface area (Å²) < 4.78 is 2.09. The highest BCUT2D eigenvalue weighted by atomic mass is 15.3. The zero-order valence-electron chi connectivity index (χ0n) is 12.8. The first kappa shape index (κ1) is 14.8. The van der Waals surface area contributed by atoms with Gasteiger partial charge in [0.05, 0.1) is 6.20 Å². The van der Waals surface area contributed by atoms with Crippen molar-refractivity contribution in [3.63, 3.8) is 0 Å². The van der Waals surface area contributed by atoms with Gasteiger partial charge in [-0.15, -0.1) is 0 Å². The number of nitrogens with zero attached hydrogens (tertiary/aromatic N) is 2. The number of aryl methyl sites for hydroxylation is 1. The molecule has 0 aliphatic carbocycles. The molecule has 1 aromatic carbocycles. The SMILES string of the molecule is CCCNCc1cccc(-c2cnn(CCC)c2C)c1.